The molecule has 1 saturated carbocycles. The average Bonchev–Trinajstić information content (AvgIpc) is 3.07. The molecule has 2 aliphatic rings. The number of halogens is 2. The number of hydrogen-bond donors (Lipinski definition) is 1. The van der Waals surface area contributed by atoms with Crippen LogP contribution in [0.3, 0.4) is 0 Å². The molecule has 1 aromatic rings. The number of benzene rings is 1. The molecule has 1 aliphatic heterocycles. The van der Waals surface area contributed by atoms with E-state index >= 15 is 0 Å². The number of hydrogen-bond acceptors (Lipinski definition) is 3. The minimum Gasteiger partial charge on any atom is -0.354 e. The van der Waals surface area contributed by atoms with E-state index in [4.69, 9.17) is 11.6 Å². The van der Waals surface area contributed by atoms with E-state index in [0.717, 1.165) is 17.3 Å². The van der Waals surface area contributed by atoms with E-state index in [9.17, 15) is 4.39 Å². The van der Waals surface area contributed by atoms with Crippen LogP contribution in [0.5, 0.6) is 0 Å². The van der Waals surface area contributed by atoms with Crippen LogP contribution in [0.25, 0.3) is 0 Å². The molecule has 1 fully saturated rings. The van der Waals surface area contributed by atoms with Crippen molar-refractivity contribution in [3.8, 4) is 0 Å². The molecule has 0 radical (unpaired) electrons. The quantitative estimate of drug-likeness (QED) is 0.765. The van der Waals surface area contributed by atoms with Gasteiger partial charge < -0.3 is 4.90 Å². The maximum Gasteiger partial charge on any atom is 0.143 e. The first-order valence-corrected chi connectivity index (χ1v) is 6.11. The number of anilines is 1. The van der Waals surface area contributed by atoms with Gasteiger partial charge in [0, 0.05) is 6.04 Å². The maximum atomic E-state index is 13.3. The summed E-state index contributed by atoms with van der Waals surface area (Å²) in [6.07, 6.45) is 2.45. The number of fused-ring (bicyclic) bond motifs is 1. The monoisotopic (exact) mass is 244 g/mol. The van der Waals surface area contributed by atoms with E-state index < -0.39 is 0 Å². The zero-order valence-corrected chi connectivity index (χ0v) is 9.54. The summed E-state index contributed by atoms with van der Waals surface area (Å²) in [5, 5.41) is 0.232. The lowest BCUT2D eigenvalue weighted by atomic mass is 10.2. The highest BCUT2D eigenvalue weighted by molar-refractivity contribution is 7.97. The average molecular weight is 245 g/mol. The SMILES string of the molecule is Fc1ccc2c(c1Cl)SNCN2C1CC1. The number of nitrogens with zero attached hydrogens (tertiary/aromatic N) is 1. The Balaban J connectivity index is 2.07. The summed E-state index contributed by atoms with van der Waals surface area (Å²) in [7, 11) is 0. The van der Waals surface area contributed by atoms with Crippen molar-refractivity contribution >= 4 is 29.2 Å². The van der Waals surface area contributed by atoms with Gasteiger partial charge in [0.1, 0.15) is 5.82 Å². The predicted molar refractivity (Wildman–Crippen MR) is 60.8 cm³/mol. The Bertz CT molecular complexity index is 409. The molecule has 1 N–H and O–H groups in total. The molecule has 0 aromatic heterocycles. The third kappa shape index (κ3) is 1.61. The molecule has 0 unspecified atom stereocenters. The van der Waals surface area contributed by atoms with E-state index in [2.05, 4.69) is 9.62 Å². The first-order valence-electron chi connectivity index (χ1n) is 4.91. The lowest BCUT2D eigenvalue weighted by Gasteiger charge is -2.31. The molecule has 1 aliphatic carbocycles. The van der Waals surface area contributed by atoms with Gasteiger partial charge in [-0.05, 0) is 36.9 Å². The van der Waals surface area contributed by atoms with Crippen molar-refractivity contribution in [1.82, 2.24) is 4.72 Å². The van der Waals surface area contributed by atoms with E-state index in [1.807, 2.05) is 6.07 Å². The first-order chi connectivity index (χ1) is 7.27. The predicted octanol–water partition coefficient (Wildman–Crippen LogP) is 3.02. The summed E-state index contributed by atoms with van der Waals surface area (Å²) in [6, 6.07) is 3.88. The lowest BCUT2D eigenvalue weighted by molar-refractivity contribution is 0.622. The highest BCUT2D eigenvalue weighted by Gasteiger charge is 2.33. The van der Waals surface area contributed by atoms with Crippen LogP contribution in [-0.4, -0.2) is 12.7 Å². The topological polar surface area (TPSA) is 15.3 Å². The highest BCUT2D eigenvalue weighted by atomic mass is 35.5. The van der Waals surface area contributed by atoms with Gasteiger partial charge in [-0.25, -0.2) is 9.11 Å². The summed E-state index contributed by atoms with van der Waals surface area (Å²) in [4.78, 5) is 3.08. The lowest BCUT2D eigenvalue weighted by Crippen LogP contribution is -2.36. The Morgan fingerprint density at radius 2 is 2.27 bits per heavy atom. The van der Waals surface area contributed by atoms with Gasteiger partial charge in [0.15, 0.2) is 0 Å². The zero-order valence-electron chi connectivity index (χ0n) is 7.96. The molecule has 0 atom stereocenters. The Kier molecular flexibility index (Phi) is 2.30. The molecule has 1 heterocycles. The van der Waals surface area contributed by atoms with Gasteiger partial charge in [0.25, 0.3) is 0 Å². The van der Waals surface area contributed by atoms with Crippen molar-refractivity contribution in [3.05, 3.63) is 23.0 Å². The van der Waals surface area contributed by atoms with E-state index in [-0.39, 0.29) is 10.8 Å². The van der Waals surface area contributed by atoms with Crippen molar-refractivity contribution < 1.29 is 4.39 Å². The first kappa shape index (κ1) is 9.75. The van der Waals surface area contributed by atoms with E-state index in [1.165, 1.54) is 30.9 Å². The van der Waals surface area contributed by atoms with Gasteiger partial charge in [-0.2, -0.15) is 0 Å². The summed E-state index contributed by atoms with van der Waals surface area (Å²) >= 11 is 7.35. The maximum absolute atomic E-state index is 13.3. The molecular formula is C10H10ClFN2S. The Morgan fingerprint density at radius 3 is 3.00 bits per heavy atom. The molecule has 0 spiro atoms. The molecule has 5 heteroatoms. The van der Waals surface area contributed by atoms with Crippen LogP contribution in [0.2, 0.25) is 5.02 Å². The van der Waals surface area contributed by atoms with Crippen LogP contribution in [0.1, 0.15) is 12.8 Å². The van der Waals surface area contributed by atoms with E-state index in [0.29, 0.717) is 6.04 Å². The fraction of sp³-hybridized carbons (Fsp3) is 0.400. The molecular weight excluding hydrogens is 235 g/mol. The number of nitrogens with one attached hydrogen (secondary N) is 1. The van der Waals surface area contributed by atoms with Crippen molar-refractivity contribution in [2.45, 2.75) is 23.8 Å². The number of rotatable bonds is 1. The standard InChI is InChI=1S/C10H10ClFN2S/c11-9-7(12)3-4-8-10(9)15-13-5-14(8)6-1-2-6/h3-4,6,13H,1-2,5H2. The zero-order chi connectivity index (χ0) is 10.4. The van der Waals surface area contributed by atoms with Crippen molar-refractivity contribution in [1.29, 1.82) is 0 Å². The van der Waals surface area contributed by atoms with Gasteiger partial charge in [0.2, 0.25) is 0 Å². The van der Waals surface area contributed by atoms with E-state index in [1.54, 1.807) is 0 Å². The van der Waals surface area contributed by atoms with Crippen molar-refractivity contribution in [2.75, 3.05) is 11.6 Å². The Hall–Kier alpha value is -0.450. The normalized spacial score (nSPS) is 20.3. The molecule has 0 bridgehead atoms. The second-order valence-corrected chi connectivity index (χ2v) is 5.09. The summed E-state index contributed by atoms with van der Waals surface area (Å²) < 4.78 is 16.4. The van der Waals surface area contributed by atoms with Crippen molar-refractivity contribution in [3.63, 3.8) is 0 Å². The third-order valence-corrected chi connectivity index (χ3v) is 4.11. The smallest absolute Gasteiger partial charge is 0.143 e. The van der Waals surface area contributed by atoms with Gasteiger partial charge in [-0.3, -0.25) is 0 Å². The molecule has 0 amide bonds. The summed E-state index contributed by atoms with van der Waals surface area (Å²) in [5.74, 6) is -0.345. The van der Waals surface area contributed by atoms with Crippen LogP contribution >= 0.6 is 23.5 Å². The summed E-state index contributed by atoms with van der Waals surface area (Å²) in [5.41, 5.74) is 1.06. The highest BCUT2D eigenvalue weighted by Crippen LogP contribution is 2.43. The second kappa shape index (κ2) is 3.54. The molecule has 0 saturated heterocycles. The Labute approximate surface area is 96.9 Å². The van der Waals surface area contributed by atoms with Crippen LogP contribution in [0.15, 0.2) is 17.0 Å². The third-order valence-electron chi connectivity index (χ3n) is 2.74. The van der Waals surface area contributed by atoms with Crippen LogP contribution in [-0.2, 0) is 0 Å². The van der Waals surface area contributed by atoms with Crippen LogP contribution < -0.4 is 9.62 Å². The fourth-order valence-electron chi connectivity index (χ4n) is 1.82. The van der Waals surface area contributed by atoms with Gasteiger partial charge in [-0.1, -0.05) is 11.6 Å². The molecule has 80 valence electrons. The van der Waals surface area contributed by atoms with Gasteiger partial charge >= 0.3 is 0 Å². The van der Waals surface area contributed by atoms with Gasteiger partial charge in [-0.15, -0.1) is 0 Å². The second-order valence-electron chi connectivity index (χ2n) is 3.82. The minimum absolute atomic E-state index is 0.232. The van der Waals surface area contributed by atoms with Crippen molar-refractivity contribution in [2.24, 2.45) is 0 Å². The molecule has 15 heavy (non-hydrogen) atoms. The van der Waals surface area contributed by atoms with Gasteiger partial charge in [0.05, 0.1) is 22.3 Å². The minimum atomic E-state index is -0.345. The molecule has 2 nitrogen and oxygen atoms in total. The largest absolute Gasteiger partial charge is 0.354 e. The Morgan fingerprint density at radius 1 is 1.47 bits per heavy atom. The molecule has 1 aromatic carbocycles. The van der Waals surface area contributed by atoms with Crippen LogP contribution in [0, 0.1) is 5.82 Å². The summed E-state index contributed by atoms with van der Waals surface area (Å²) in [6.45, 7) is 0.810. The fourth-order valence-corrected chi connectivity index (χ4v) is 2.92. The molecule has 3 rings (SSSR count). The van der Waals surface area contributed by atoms with Crippen LogP contribution in [0.4, 0.5) is 10.1 Å².